The molecule has 0 aliphatic carbocycles. The van der Waals surface area contributed by atoms with Gasteiger partial charge in [0, 0.05) is 10.8 Å². The van der Waals surface area contributed by atoms with Gasteiger partial charge in [0.15, 0.2) is 5.69 Å². The minimum absolute atomic E-state index is 0.0395. The number of rotatable bonds is 3. The molecule has 0 radical (unpaired) electrons. The van der Waals surface area contributed by atoms with E-state index in [1.54, 1.807) is 11.8 Å². The van der Waals surface area contributed by atoms with E-state index in [1.165, 1.54) is 0 Å². The molecule has 0 atom stereocenters. The number of carboxylic acid groups (broad SMARTS) is 1. The summed E-state index contributed by atoms with van der Waals surface area (Å²) in [5.41, 5.74) is -0.648. The molecule has 0 bridgehead atoms. The molecule has 0 aliphatic heterocycles. The van der Waals surface area contributed by atoms with Crippen molar-refractivity contribution in [1.29, 1.82) is 0 Å². The zero-order valence-electron chi connectivity index (χ0n) is 9.40. The molecule has 2 N–H and O–H groups in total. The Morgan fingerprint density at radius 2 is 2.19 bits per heavy atom. The van der Waals surface area contributed by atoms with Crippen molar-refractivity contribution >= 4 is 17.7 Å². The van der Waals surface area contributed by atoms with Crippen molar-refractivity contribution in [2.45, 2.75) is 31.3 Å². The summed E-state index contributed by atoms with van der Waals surface area (Å²) < 4.78 is 0.0395. The summed E-state index contributed by atoms with van der Waals surface area (Å²) in [7, 11) is 0. The van der Waals surface area contributed by atoms with Gasteiger partial charge in [-0.25, -0.2) is 9.78 Å². The third kappa shape index (κ3) is 4.06. The van der Waals surface area contributed by atoms with Crippen LogP contribution in [0.4, 0.5) is 0 Å². The SMILES string of the molecule is CC(C)(C)SCc1nc(C(=O)O)cc(=O)[nH]1. The molecule has 0 aromatic carbocycles. The van der Waals surface area contributed by atoms with Crippen LogP contribution in [-0.2, 0) is 5.75 Å². The van der Waals surface area contributed by atoms with Gasteiger partial charge in [0.25, 0.3) is 5.56 Å². The standard InChI is InChI=1S/C10H14N2O3S/c1-10(2,3)16-5-7-11-6(9(14)15)4-8(13)12-7/h4H,5H2,1-3H3,(H,14,15)(H,11,12,13). The monoisotopic (exact) mass is 242 g/mol. The van der Waals surface area contributed by atoms with Crippen molar-refractivity contribution in [2.75, 3.05) is 0 Å². The van der Waals surface area contributed by atoms with E-state index >= 15 is 0 Å². The maximum Gasteiger partial charge on any atom is 0.354 e. The number of hydrogen-bond donors (Lipinski definition) is 2. The van der Waals surface area contributed by atoms with Crippen molar-refractivity contribution in [2.24, 2.45) is 0 Å². The molecule has 0 aliphatic rings. The van der Waals surface area contributed by atoms with Crippen molar-refractivity contribution in [3.8, 4) is 0 Å². The fourth-order valence-corrected chi connectivity index (χ4v) is 1.68. The van der Waals surface area contributed by atoms with E-state index in [0.717, 1.165) is 6.07 Å². The number of aromatic amines is 1. The quantitative estimate of drug-likeness (QED) is 0.839. The lowest BCUT2D eigenvalue weighted by Crippen LogP contribution is -2.16. The van der Waals surface area contributed by atoms with Gasteiger partial charge in [-0.1, -0.05) is 20.8 Å². The van der Waals surface area contributed by atoms with E-state index in [1.807, 2.05) is 20.8 Å². The largest absolute Gasteiger partial charge is 0.477 e. The van der Waals surface area contributed by atoms with E-state index in [9.17, 15) is 9.59 Å². The van der Waals surface area contributed by atoms with Gasteiger partial charge in [0.1, 0.15) is 5.82 Å². The second-order valence-corrected chi connectivity index (χ2v) is 6.09. The predicted molar refractivity (Wildman–Crippen MR) is 62.9 cm³/mol. The van der Waals surface area contributed by atoms with Crippen LogP contribution in [0.3, 0.4) is 0 Å². The van der Waals surface area contributed by atoms with Crippen molar-refractivity contribution in [3.63, 3.8) is 0 Å². The molecule has 88 valence electrons. The van der Waals surface area contributed by atoms with Gasteiger partial charge in [0.2, 0.25) is 0 Å². The van der Waals surface area contributed by atoms with E-state index in [4.69, 9.17) is 5.11 Å². The Morgan fingerprint density at radius 1 is 1.56 bits per heavy atom. The highest BCUT2D eigenvalue weighted by Gasteiger charge is 2.13. The van der Waals surface area contributed by atoms with Crippen LogP contribution in [0.2, 0.25) is 0 Å². The molecule has 16 heavy (non-hydrogen) atoms. The Hall–Kier alpha value is -1.30. The highest BCUT2D eigenvalue weighted by atomic mass is 32.2. The van der Waals surface area contributed by atoms with Crippen LogP contribution < -0.4 is 5.56 Å². The molecule has 1 rings (SSSR count). The zero-order chi connectivity index (χ0) is 12.3. The zero-order valence-corrected chi connectivity index (χ0v) is 10.2. The van der Waals surface area contributed by atoms with Gasteiger partial charge >= 0.3 is 5.97 Å². The van der Waals surface area contributed by atoms with Gasteiger partial charge in [-0.15, -0.1) is 11.8 Å². The summed E-state index contributed by atoms with van der Waals surface area (Å²) >= 11 is 1.59. The second kappa shape index (κ2) is 4.69. The average Bonchev–Trinajstić information content (AvgIpc) is 2.13. The Balaban J connectivity index is 2.89. The first-order chi connectivity index (χ1) is 7.28. The molecular weight excluding hydrogens is 228 g/mol. The first-order valence-electron chi connectivity index (χ1n) is 4.75. The number of nitrogens with one attached hydrogen (secondary N) is 1. The van der Waals surface area contributed by atoms with Gasteiger partial charge in [-0.3, -0.25) is 4.79 Å². The smallest absolute Gasteiger partial charge is 0.354 e. The Labute approximate surface area is 97.3 Å². The van der Waals surface area contributed by atoms with Crippen LogP contribution in [0.15, 0.2) is 10.9 Å². The Morgan fingerprint density at radius 3 is 2.69 bits per heavy atom. The summed E-state index contributed by atoms with van der Waals surface area (Å²) in [5, 5.41) is 8.74. The van der Waals surface area contributed by atoms with E-state index in [2.05, 4.69) is 9.97 Å². The summed E-state index contributed by atoms with van der Waals surface area (Å²) in [6.07, 6.45) is 0. The number of nitrogens with zero attached hydrogens (tertiary/aromatic N) is 1. The highest BCUT2D eigenvalue weighted by molar-refractivity contribution is 7.99. The fraction of sp³-hybridized carbons (Fsp3) is 0.500. The van der Waals surface area contributed by atoms with E-state index in [-0.39, 0.29) is 10.4 Å². The summed E-state index contributed by atoms with van der Waals surface area (Å²) in [6, 6.07) is 0.980. The number of carbonyl (C=O) groups is 1. The van der Waals surface area contributed by atoms with Gasteiger partial charge in [-0.05, 0) is 0 Å². The molecule has 0 fully saturated rings. The van der Waals surface area contributed by atoms with Gasteiger partial charge in [-0.2, -0.15) is 0 Å². The van der Waals surface area contributed by atoms with Crippen LogP contribution in [-0.4, -0.2) is 25.8 Å². The normalized spacial score (nSPS) is 11.4. The average molecular weight is 242 g/mol. The van der Waals surface area contributed by atoms with Crippen molar-refractivity contribution < 1.29 is 9.90 Å². The van der Waals surface area contributed by atoms with Crippen LogP contribution in [0.5, 0.6) is 0 Å². The first kappa shape index (κ1) is 12.8. The van der Waals surface area contributed by atoms with Crippen LogP contribution >= 0.6 is 11.8 Å². The topological polar surface area (TPSA) is 83.0 Å². The number of H-pyrrole nitrogens is 1. The number of hydrogen-bond acceptors (Lipinski definition) is 4. The van der Waals surface area contributed by atoms with Crippen molar-refractivity contribution in [1.82, 2.24) is 9.97 Å². The number of carboxylic acids is 1. The first-order valence-corrected chi connectivity index (χ1v) is 5.74. The summed E-state index contributed by atoms with van der Waals surface area (Å²) in [6.45, 7) is 6.12. The van der Waals surface area contributed by atoms with E-state index in [0.29, 0.717) is 11.6 Å². The summed E-state index contributed by atoms with van der Waals surface area (Å²) in [4.78, 5) is 28.2. The third-order valence-corrected chi connectivity index (χ3v) is 2.94. The summed E-state index contributed by atoms with van der Waals surface area (Å²) in [5.74, 6) is -0.308. The molecular formula is C10H14N2O3S. The molecule has 0 spiro atoms. The Kier molecular flexibility index (Phi) is 3.74. The van der Waals surface area contributed by atoms with E-state index < -0.39 is 11.5 Å². The lowest BCUT2D eigenvalue weighted by Gasteiger charge is -2.16. The van der Waals surface area contributed by atoms with Gasteiger partial charge < -0.3 is 10.1 Å². The molecule has 0 saturated carbocycles. The molecule has 1 aromatic heterocycles. The van der Waals surface area contributed by atoms with Crippen LogP contribution in [0.25, 0.3) is 0 Å². The molecule has 1 aromatic rings. The lowest BCUT2D eigenvalue weighted by atomic mass is 10.3. The maximum absolute atomic E-state index is 11.2. The molecule has 5 nitrogen and oxygen atoms in total. The molecule has 6 heteroatoms. The third-order valence-electron chi connectivity index (χ3n) is 1.65. The molecule has 0 amide bonds. The molecule has 0 saturated heterocycles. The predicted octanol–water partition coefficient (Wildman–Crippen LogP) is 1.50. The number of aromatic carboxylic acids is 1. The fourth-order valence-electron chi connectivity index (χ4n) is 0.971. The molecule has 0 unspecified atom stereocenters. The molecule has 1 heterocycles. The van der Waals surface area contributed by atoms with Crippen molar-refractivity contribution in [3.05, 3.63) is 27.9 Å². The number of aromatic nitrogens is 2. The van der Waals surface area contributed by atoms with Gasteiger partial charge in [0.05, 0.1) is 5.75 Å². The maximum atomic E-state index is 11.2. The van der Waals surface area contributed by atoms with Crippen LogP contribution in [0, 0.1) is 0 Å². The highest BCUT2D eigenvalue weighted by Crippen LogP contribution is 2.25. The van der Waals surface area contributed by atoms with Crippen LogP contribution in [0.1, 0.15) is 37.1 Å². The number of thioether (sulfide) groups is 1. The minimum atomic E-state index is -1.19. The lowest BCUT2D eigenvalue weighted by molar-refractivity contribution is 0.0689. The Bertz CT molecular complexity index is 448. The second-order valence-electron chi connectivity index (χ2n) is 4.28. The minimum Gasteiger partial charge on any atom is -0.477 e.